The average molecular weight is 325 g/mol. The Balaban J connectivity index is 1.95. The van der Waals surface area contributed by atoms with Gasteiger partial charge in [0.15, 0.2) is 0 Å². The van der Waals surface area contributed by atoms with Gasteiger partial charge in [0.2, 0.25) is 5.91 Å². The summed E-state index contributed by atoms with van der Waals surface area (Å²) in [6.45, 7) is 0.397. The molecular weight excluding hydrogens is 306 g/mol. The van der Waals surface area contributed by atoms with Crippen molar-refractivity contribution in [1.29, 1.82) is 0 Å². The maximum atomic E-state index is 12.9. The number of phenols is 1. The van der Waals surface area contributed by atoms with Crippen LogP contribution in [0.4, 0.5) is 5.69 Å². The van der Waals surface area contributed by atoms with Gasteiger partial charge in [-0.2, -0.15) is 0 Å². The van der Waals surface area contributed by atoms with E-state index in [2.05, 4.69) is 0 Å². The number of anilines is 1. The molecule has 0 radical (unpaired) electrons. The highest BCUT2D eigenvalue weighted by molar-refractivity contribution is 5.99. The third-order valence-corrected chi connectivity index (χ3v) is 4.27. The molecule has 0 aliphatic carbocycles. The molecule has 1 aliphatic rings. The number of esters is 1. The minimum absolute atomic E-state index is 0.0565. The lowest BCUT2D eigenvalue weighted by molar-refractivity contribution is -0.143. The van der Waals surface area contributed by atoms with E-state index in [-0.39, 0.29) is 18.1 Å². The van der Waals surface area contributed by atoms with Crippen molar-refractivity contribution in [2.24, 2.45) is 5.92 Å². The molecule has 0 spiro atoms. The summed E-state index contributed by atoms with van der Waals surface area (Å²) in [7, 11) is 1.32. The predicted molar refractivity (Wildman–Crippen MR) is 89.6 cm³/mol. The number of benzene rings is 2. The lowest BCUT2D eigenvalue weighted by Crippen LogP contribution is -2.41. The lowest BCUT2D eigenvalue weighted by atomic mass is 9.89. The molecule has 0 bridgehead atoms. The van der Waals surface area contributed by atoms with Gasteiger partial charge in [-0.15, -0.1) is 0 Å². The molecule has 1 N–H and O–H groups in total. The van der Waals surface area contributed by atoms with Gasteiger partial charge in [0.05, 0.1) is 31.7 Å². The van der Waals surface area contributed by atoms with Crippen LogP contribution < -0.4 is 4.90 Å². The number of nitrogens with zero attached hydrogens (tertiary/aromatic N) is 1. The zero-order valence-electron chi connectivity index (χ0n) is 13.4. The van der Waals surface area contributed by atoms with Gasteiger partial charge in [-0.3, -0.25) is 9.59 Å². The van der Waals surface area contributed by atoms with Crippen LogP contribution in [0.1, 0.15) is 17.5 Å². The summed E-state index contributed by atoms with van der Waals surface area (Å²) in [6, 6.07) is 14.6. The van der Waals surface area contributed by atoms with Gasteiger partial charge >= 0.3 is 5.97 Å². The highest BCUT2D eigenvalue weighted by Gasteiger charge is 2.34. The van der Waals surface area contributed by atoms with Crippen molar-refractivity contribution >= 4 is 17.6 Å². The number of methoxy groups -OCH3 is 1. The van der Waals surface area contributed by atoms with Crippen molar-refractivity contribution in [3.63, 3.8) is 0 Å². The quantitative estimate of drug-likeness (QED) is 0.878. The van der Waals surface area contributed by atoms with Crippen LogP contribution >= 0.6 is 0 Å². The molecule has 3 rings (SSSR count). The molecule has 5 nitrogen and oxygen atoms in total. The van der Waals surface area contributed by atoms with Crippen LogP contribution in [0.2, 0.25) is 0 Å². The summed E-state index contributed by atoms with van der Waals surface area (Å²) >= 11 is 0. The average Bonchev–Trinajstić information content (AvgIpc) is 2.60. The van der Waals surface area contributed by atoms with Crippen LogP contribution in [0.3, 0.4) is 0 Å². The van der Waals surface area contributed by atoms with Gasteiger partial charge in [0.25, 0.3) is 0 Å². The molecule has 124 valence electrons. The Bertz CT molecular complexity index is 757. The van der Waals surface area contributed by atoms with Crippen LogP contribution in [0.5, 0.6) is 5.75 Å². The van der Waals surface area contributed by atoms with E-state index in [9.17, 15) is 14.7 Å². The Morgan fingerprint density at radius 3 is 2.71 bits per heavy atom. The third kappa shape index (κ3) is 3.25. The molecule has 2 aromatic rings. The van der Waals surface area contributed by atoms with Crippen molar-refractivity contribution in [3.05, 3.63) is 59.7 Å². The fraction of sp³-hybridized carbons (Fsp3) is 0.263. The number of carbonyl (C=O) groups is 2. The number of hydrogen-bond acceptors (Lipinski definition) is 4. The Hall–Kier alpha value is -2.82. The first kappa shape index (κ1) is 16.1. The first-order valence-corrected chi connectivity index (χ1v) is 7.82. The zero-order chi connectivity index (χ0) is 17.1. The van der Waals surface area contributed by atoms with E-state index < -0.39 is 11.9 Å². The summed E-state index contributed by atoms with van der Waals surface area (Å²) in [5.41, 5.74) is 2.63. The summed E-state index contributed by atoms with van der Waals surface area (Å²) in [4.78, 5) is 26.2. The largest absolute Gasteiger partial charge is 0.508 e. The molecule has 2 aromatic carbocycles. The molecule has 1 heterocycles. The highest BCUT2D eigenvalue weighted by atomic mass is 16.5. The van der Waals surface area contributed by atoms with Crippen molar-refractivity contribution in [3.8, 4) is 5.75 Å². The summed E-state index contributed by atoms with van der Waals surface area (Å²) < 4.78 is 4.71. The van der Waals surface area contributed by atoms with E-state index in [0.29, 0.717) is 18.7 Å². The van der Waals surface area contributed by atoms with E-state index in [4.69, 9.17) is 4.74 Å². The number of aromatic hydroxyl groups is 1. The molecule has 5 heteroatoms. The molecule has 0 fully saturated rings. The fourth-order valence-electron chi connectivity index (χ4n) is 3.04. The molecule has 0 saturated heterocycles. The zero-order valence-corrected chi connectivity index (χ0v) is 13.4. The smallest absolute Gasteiger partial charge is 0.306 e. The van der Waals surface area contributed by atoms with E-state index in [0.717, 1.165) is 11.1 Å². The Kier molecular flexibility index (Phi) is 4.51. The third-order valence-electron chi connectivity index (χ3n) is 4.27. The second-order valence-electron chi connectivity index (χ2n) is 5.90. The lowest BCUT2D eigenvalue weighted by Gasteiger charge is -2.34. The highest BCUT2D eigenvalue weighted by Crippen LogP contribution is 2.35. The Morgan fingerprint density at radius 2 is 2.00 bits per heavy atom. The molecule has 1 aliphatic heterocycles. The Labute approximate surface area is 140 Å². The molecule has 1 unspecified atom stereocenters. The van der Waals surface area contributed by atoms with Gasteiger partial charge in [0.1, 0.15) is 5.75 Å². The SMILES string of the molecule is COC(=O)CC1Cc2ccc(O)cc2N(Cc2ccccc2)C1=O. The van der Waals surface area contributed by atoms with Crippen molar-refractivity contribution in [2.45, 2.75) is 19.4 Å². The van der Waals surface area contributed by atoms with Gasteiger partial charge in [0, 0.05) is 6.07 Å². The normalized spacial score (nSPS) is 16.6. The van der Waals surface area contributed by atoms with Crippen LogP contribution in [0.15, 0.2) is 48.5 Å². The van der Waals surface area contributed by atoms with Crippen LogP contribution in [-0.4, -0.2) is 24.1 Å². The van der Waals surface area contributed by atoms with Crippen LogP contribution in [0.25, 0.3) is 0 Å². The molecular formula is C19H19NO4. The summed E-state index contributed by atoms with van der Waals surface area (Å²) in [6.07, 6.45) is 0.524. The van der Waals surface area contributed by atoms with E-state index in [1.165, 1.54) is 7.11 Å². The van der Waals surface area contributed by atoms with E-state index in [1.807, 2.05) is 30.3 Å². The molecule has 24 heavy (non-hydrogen) atoms. The summed E-state index contributed by atoms with van der Waals surface area (Å²) in [5.74, 6) is -0.846. The van der Waals surface area contributed by atoms with Gasteiger partial charge in [-0.1, -0.05) is 36.4 Å². The number of carbonyl (C=O) groups excluding carboxylic acids is 2. The Morgan fingerprint density at radius 1 is 1.25 bits per heavy atom. The minimum atomic E-state index is -0.446. The van der Waals surface area contributed by atoms with Crippen molar-refractivity contribution in [1.82, 2.24) is 0 Å². The number of hydrogen-bond donors (Lipinski definition) is 1. The molecule has 0 saturated carbocycles. The van der Waals surface area contributed by atoms with E-state index in [1.54, 1.807) is 23.1 Å². The molecule has 0 aromatic heterocycles. The molecule has 1 amide bonds. The first-order valence-electron chi connectivity index (χ1n) is 7.82. The second kappa shape index (κ2) is 6.74. The monoisotopic (exact) mass is 325 g/mol. The molecule has 1 atom stereocenters. The van der Waals surface area contributed by atoms with Crippen LogP contribution in [-0.2, 0) is 27.3 Å². The summed E-state index contributed by atoms with van der Waals surface area (Å²) in [5, 5.41) is 9.80. The van der Waals surface area contributed by atoms with E-state index >= 15 is 0 Å². The minimum Gasteiger partial charge on any atom is -0.508 e. The van der Waals surface area contributed by atoms with Crippen LogP contribution in [0, 0.1) is 5.92 Å². The number of fused-ring (bicyclic) bond motifs is 1. The van der Waals surface area contributed by atoms with Gasteiger partial charge in [-0.05, 0) is 23.6 Å². The maximum Gasteiger partial charge on any atom is 0.306 e. The van der Waals surface area contributed by atoms with Crippen molar-refractivity contribution in [2.75, 3.05) is 12.0 Å². The van der Waals surface area contributed by atoms with Crippen molar-refractivity contribution < 1.29 is 19.4 Å². The standard InChI is InChI=1S/C19H19NO4/c1-24-18(22)10-15-9-14-7-8-16(21)11-17(14)20(19(15)23)12-13-5-3-2-4-6-13/h2-8,11,15,21H,9-10,12H2,1H3. The second-order valence-corrected chi connectivity index (χ2v) is 5.90. The first-order chi connectivity index (χ1) is 11.6. The topological polar surface area (TPSA) is 66.8 Å². The number of phenolic OH excluding ortho intramolecular Hbond substituents is 1. The predicted octanol–water partition coefficient (Wildman–Crippen LogP) is 2.66. The number of rotatable bonds is 4. The fourth-order valence-corrected chi connectivity index (χ4v) is 3.04. The maximum absolute atomic E-state index is 12.9. The number of amides is 1. The van der Waals surface area contributed by atoms with Gasteiger partial charge in [-0.25, -0.2) is 0 Å². The number of ether oxygens (including phenoxy) is 1. The van der Waals surface area contributed by atoms with Gasteiger partial charge < -0.3 is 14.7 Å².